The van der Waals surface area contributed by atoms with Crippen LogP contribution in [0.25, 0.3) is 0 Å². The summed E-state index contributed by atoms with van der Waals surface area (Å²) in [5.74, 6) is -0.0696. The highest BCUT2D eigenvalue weighted by Crippen LogP contribution is 2.17. The van der Waals surface area contributed by atoms with Gasteiger partial charge in [-0.25, -0.2) is 0 Å². The summed E-state index contributed by atoms with van der Waals surface area (Å²) < 4.78 is 16.8. The van der Waals surface area contributed by atoms with Crippen LogP contribution in [-0.2, 0) is 28.6 Å². The van der Waals surface area contributed by atoms with Crippen LogP contribution in [0.15, 0.2) is 0 Å². The molecule has 1 atom stereocenters. The summed E-state index contributed by atoms with van der Waals surface area (Å²) in [6, 6.07) is 0. The molecular formula is C50H96O6. The molecule has 0 N–H and O–H groups in total. The first kappa shape index (κ1) is 54.4. The minimum absolute atomic E-state index is 0.0637. The van der Waals surface area contributed by atoms with Crippen molar-refractivity contribution in [3.8, 4) is 0 Å². The van der Waals surface area contributed by atoms with Crippen LogP contribution in [0.3, 0.4) is 0 Å². The molecule has 0 saturated carbocycles. The number of ether oxygens (including phenoxy) is 3. The normalized spacial score (nSPS) is 11.9. The molecule has 0 aromatic rings. The fourth-order valence-corrected chi connectivity index (χ4v) is 7.51. The molecule has 56 heavy (non-hydrogen) atoms. The second kappa shape index (κ2) is 44.5. The Morgan fingerprint density at radius 2 is 0.589 bits per heavy atom. The highest BCUT2D eigenvalue weighted by atomic mass is 16.6. The van der Waals surface area contributed by atoms with Crippen molar-refractivity contribution in [3.05, 3.63) is 0 Å². The Labute approximate surface area is 348 Å². The first-order valence-electron chi connectivity index (χ1n) is 24.9. The van der Waals surface area contributed by atoms with Gasteiger partial charge in [-0.05, 0) is 25.2 Å². The van der Waals surface area contributed by atoms with Crippen molar-refractivity contribution < 1.29 is 28.6 Å². The van der Waals surface area contributed by atoms with E-state index in [2.05, 4.69) is 27.7 Å². The van der Waals surface area contributed by atoms with E-state index in [1.807, 2.05) is 0 Å². The number of hydrogen-bond acceptors (Lipinski definition) is 6. The Kier molecular flexibility index (Phi) is 43.2. The minimum Gasteiger partial charge on any atom is -0.462 e. The highest BCUT2D eigenvalue weighted by molar-refractivity contribution is 5.71. The Hall–Kier alpha value is -1.59. The van der Waals surface area contributed by atoms with E-state index in [0.717, 1.165) is 63.7 Å². The number of hydrogen-bond donors (Lipinski definition) is 0. The van der Waals surface area contributed by atoms with E-state index in [0.29, 0.717) is 19.3 Å². The molecule has 0 aromatic carbocycles. The average Bonchev–Trinajstić information content (AvgIpc) is 3.18. The average molecular weight is 793 g/mol. The summed E-state index contributed by atoms with van der Waals surface area (Å²) in [5, 5.41) is 0. The quantitative estimate of drug-likeness (QED) is 0.0347. The van der Waals surface area contributed by atoms with Gasteiger partial charge in [0.05, 0.1) is 0 Å². The smallest absolute Gasteiger partial charge is 0.306 e. The molecule has 0 spiro atoms. The van der Waals surface area contributed by atoms with E-state index in [4.69, 9.17) is 14.2 Å². The van der Waals surface area contributed by atoms with Gasteiger partial charge in [0, 0.05) is 19.3 Å². The van der Waals surface area contributed by atoms with Gasteiger partial charge < -0.3 is 14.2 Å². The summed E-state index contributed by atoms with van der Waals surface area (Å²) >= 11 is 0. The van der Waals surface area contributed by atoms with Crippen molar-refractivity contribution >= 4 is 17.9 Å². The minimum atomic E-state index is -0.760. The molecular weight excluding hydrogens is 697 g/mol. The molecule has 0 aliphatic heterocycles. The molecule has 0 bridgehead atoms. The van der Waals surface area contributed by atoms with Gasteiger partial charge in [-0.3, -0.25) is 14.4 Å². The maximum Gasteiger partial charge on any atom is 0.306 e. The molecule has 6 heteroatoms. The van der Waals surface area contributed by atoms with Gasteiger partial charge >= 0.3 is 17.9 Å². The van der Waals surface area contributed by atoms with Gasteiger partial charge in [0.2, 0.25) is 0 Å². The van der Waals surface area contributed by atoms with Gasteiger partial charge in [-0.2, -0.15) is 0 Å². The number of carbonyl (C=O) groups is 3. The molecule has 332 valence electrons. The summed E-state index contributed by atoms with van der Waals surface area (Å²) in [6.45, 7) is 8.96. The molecule has 0 aliphatic rings. The molecule has 0 rings (SSSR count). The van der Waals surface area contributed by atoms with Crippen molar-refractivity contribution in [2.24, 2.45) is 5.92 Å². The van der Waals surface area contributed by atoms with Gasteiger partial charge in [0.1, 0.15) is 13.2 Å². The second-order valence-electron chi connectivity index (χ2n) is 17.6. The zero-order chi connectivity index (χ0) is 41.0. The Bertz CT molecular complexity index is 841. The van der Waals surface area contributed by atoms with Gasteiger partial charge in [0.25, 0.3) is 0 Å². The molecule has 0 aliphatic carbocycles. The monoisotopic (exact) mass is 793 g/mol. The Morgan fingerprint density at radius 1 is 0.339 bits per heavy atom. The largest absolute Gasteiger partial charge is 0.462 e. The molecule has 0 fully saturated rings. The van der Waals surface area contributed by atoms with Crippen molar-refractivity contribution in [2.45, 2.75) is 284 Å². The topological polar surface area (TPSA) is 78.9 Å². The van der Waals surface area contributed by atoms with E-state index in [1.165, 1.54) is 173 Å². The van der Waals surface area contributed by atoms with Crippen LogP contribution in [-0.4, -0.2) is 37.2 Å². The van der Waals surface area contributed by atoms with E-state index in [9.17, 15) is 14.4 Å². The van der Waals surface area contributed by atoms with Crippen LogP contribution in [0.4, 0.5) is 0 Å². The summed E-state index contributed by atoms with van der Waals surface area (Å²) in [7, 11) is 0. The molecule has 0 saturated heterocycles. The Morgan fingerprint density at radius 3 is 0.875 bits per heavy atom. The van der Waals surface area contributed by atoms with E-state index in [-0.39, 0.29) is 31.1 Å². The second-order valence-corrected chi connectivity index (χ2v) is 17.6. The molecule has 0 radical (unpaired) electrons. The first-order chi connectivity index (χ1) is 27.4. The third-order valence-electron chi connectivity index (χ3n) is 11.3. The lowest BCUT2D eigenvalue weighted by Crippen LogP contribution is -2.30. The lowest BCUT2D eigenvalue weighted by atomic mass is 10.0. The summed E-state index contributed by atoms with van der Waals surface area (Å²) in [6.07, 6.45) is 45.2. The summed E-state index contributed by atoms with van der Waals surface area (Å²) in [5.41, 5.74) is 0. The van der Waals surface area contributed by atoms with Gasteiger partial charge in [-0.15, -0.1) is 0 Å². The van der Waals surface area contributed by atoms with Crippen molar-refractivity contribution in [3.63, 3.8) is 0 Å². The third-order valence-corrected chi connectivity index (χ3v) is 11.3. The number of unbranched alkanes of at least 4 members (excludes halogenated alkanes) is 32. The van der Waals surface area contributed by atoms with E-state index in [1.54, 1.807) is 0 Å². The maximum absolute atomic E-state index is 12.8. The van der Waals surface area contributed by atoms with Gasteiger partial charge in [-0.1, -0.05) is 240 Å². The van der Waals surface area contributed by atoms with Crippen molar-refractivity contribution in [1.29, 1.82) is 0 Å². The number of carbonyl (C=O) groups excluding carboxylic acids is 3. The van der Waals surface area contributed by atoms with E-state index >= 15 is 0 Å². The molecule has 0 amide bonds. The lowest BCUT2D eigenvalue weighted by molar-refractivity contribution is -0.167. The van der Waals surface area contributed by atoms with Gasteiger partial charge in [0.15, 0.2) is 6.10 Å². The first-order valence-corrected chi connectivity index (χ1v) is 24.9. The number of esters is 3. The van der Waals surface area contributed by atoms with Crippen LogP contribution < -0.4 is 0 Å². The molecule has 0 heterocycles. The number of rotatable bonds is 45. The standard InChI is InChI=1S/C50H96O6/c1-5-7-9-11-13-15-17-18-19-20-21-22-24-26-30-35-39-43-50(53)56-47(45-55-49(52)42-38-34-31-27-28-32-36-40-46(3)4)44-54-48(51)41-37-33-29-25-23-16-14-12-10-8-6-2/h46-47H,5-45H2,1-4H3/t47-/m1/s1. The van der Waals surface area contributed by atoms with Crippen LogP contribution in [0.2, 0.25) is 0 Å². The predicted octanol–water partition coefficient (Wildman–Crippen LogP) is 15.9. The lowest BCUT2D eigenvalue weighted by Gasteiger charge is -2.18. The highest BCUT2D eigenvalue weighted by Gasteiger charge is 2.19. The van der Waals surface area contributed by atoms with Crippen LogP contribution >= 0.6 is 0 Å². The van der Waals surface area contributed by atoms with Crippen LogP contribution in [0.1, 0.15) is 278 Å². The molecule has 6 nitrogen and oxygen atoms in total. The zero-order valence-corrected chi connectivity index (χ0v) is 38.1. The molecule has 0 unspecified atom stereocenters. The zero-order valence-electron chi connectivity index (χ0n) is 38.1. The van der Waals surface area contributed by atoms with Crippen LogP contribution in [0.5, 0.6) is 0 Å². The molecule has 0 aromatic heterocycles. The fraction of sp³-hybridized carbons (Fsp3) is 0.940. The van der Waals surface area contributed by atoms with Crippen molar-refractivity contribution in [2.75, 3.05) is 13.2 Å². The Balaban J connectivity index is 4.27. The summed E-state index contributed by atoms with van der Waals surface area (Å²) in [4.78, 5) is 37.8. The predicted molar refractivity (Wildman–Crippen MR) is 238 cm³/mol. The maximum atomic E-state index is 12.8. The SMILES string of the molecule is CCCCCCCCCCCCCCCCCCCC(=O)O[C@H](COC(=O)CCCCCCCCCCCCC)COC(=O)CCCCCCCCCC(C)C. The third kappa shape index (κ3) is 43.5. The van der Waals surface area contributed by atoms with E-state index < -0.39 is 6.10 Å². The van der Waals surface area contributed by atoms with Crippen molar-refractivity contribution in [1.82, 2.24) is 0 Å². The fourth-order valence-electron chi connectivity index (χ4n) is 7.51. The van der Waals surface area contributed by atoms with Crippen LogP contribution in [0, 0.1) is 5.92 Å².